The number of H-pyrrole nitrogens is 1. The maximum Gasteiger partial charge on any atom is 0.175 e. The summed E-state index contributed by atoms with van der Waals surface area (Å²) >= 11 is 1.40. The van der Waals surface area contributed by atoms with Gasteiger partial charge < -0.3 is 10.2 Å². The van der Waals surface area contributed by atoms with Crippen molar-refractivity contribution >= 4 is 22.5 Å². The van der Waals surface area contributed by atoms with Crippen molar-refractivity contribution in [1.29, 1.82) is 0 Å². The fraction of sp³-hybridized carbons (Fsp3) is 0.100. The maximum atomic E-state index is 9.69. The molecular weight excluding hydrogens is 198 g/mol. The number of hydrogen-bond donors (Lipinski definition) is 2. The van der Waals surface area contributed by atoms with E-state index in [0.717, 1.165) is 5.39 Å². The molecule has 3 nitrogen and oxygen atoms in total. The first-order valence-electron chi connectivity index (χ1n) is 4.12. The van der Waals surface area contributed by atoms with E-state index in [4.69, 9.17) is 0 Å². The Morgan fingerprint density at radius 2 is 2.07 bits per heavy atom. The number of fused-ring (bicyclic) bond motifs is 1. The summed E-state index contributed by atoms with van der Waals surface area (Å²) in [4.78, 5) is 3.61. The minimum Gasteiger partial charge on any atom is -0.504 e. The van der Waals surface area contributed by atoms with Gasteiger partial charge in [-0.25, -0.2) is 4.98 Å². The van der Waals surface area contributed by atoms with Crippen molar-refractivity contribution in [3.8, 4) is 11.5 Å². The van der Waals surface area contributed by atoms with Crippen molar-refractivity contribution in [2.75, 3.05) is 6.26 Å². The first-order chi connectivity index (χ1) is 6.74. The number of aromatic hydroxyl groups is 2. The summed E-state index contributed by atoms with van der Waals surface area (Å²) in [5, 5.41) is 20.8. The van der Waals surface area contributed by atoms with E-state index in [2.05, 4.69) is 4.98 Å². The largest absolute Gasteiger partial charge is 0.504 e. The van der Waals surface area contributed by atoms with Crippen LogP contribution in [0.4, 0.5) is 0 Å². The van der Waals surface area contributed by atoms with Crippen LogP contribution in [0.1, 0.15) is 0 Å². The Morgan fingerprint density at radius 1 is 1.29 bits per heavy atom. The standard InChI is InChI=1S/C10H9NO2S/c1-14-8-4-6-5-11-3-2-7(6)9(12)10(8)13/h2-5,12-13H,1H3/p+1. The molecule has 0 unspecified atom stereocenters. The number of aromatic nitrogens is 1. The van der Waals surface area contributed by atoms with Gasteiger partial charge in [0.05, 0.1) is 10.3 Å². The van der Waals surface area contributed by atoms with E-state index >= 15 is 0 Å². The maximum absolute atomic E-state index is 9.69. The lowest BCUT2D eigenvalue weighted by molar-refractivity contribution is -0.375. The molecule has 0 radical (unpaired) electrons. The monoisotopic (exact) mass is 208 g/mol. The Balaban J connectivity index is 2.85. The van der Waals surface area contributed by atoms with Crippen LogP contribution in [0.15, 0.2) is 29.4 Å². The number of aromatic amines is 1. The Kier molecular flexibility index (Phi) is 2.21. The highest BCUT2D eigenvalue weighted by atomic mass is 32.2. The number of thioether (sulfide) groups is 1. The number of nitrogens with one attached hydrogen (secondary N) is 1. The Bertz CT molecular complexity index is 485. The Hall–Kier alpha value is -1.42. The van der Waals surface area contributed by atoms with Crippen molar-refractivity contribution in [3.63, 3.8) is 0 Å². The molecule has 0 aliphatic rings. The lowest BCUT2D eigenvalue weighted by Crippen LogP contribution is -1.97. The van der Waals surface area contributed by atoms with E-state index in [1.54, 1.807) is 18.5 Å². The molecule has 2 aromatic rings. The van der Waals surface area contributed by atoms with Crippen LogP contribution in [-0.4, -0.2) is 16.5 Å². The van der Waals surface area contributed by atoms with E-state index in [0.29, 0.717) is 10.3 Å². The second-order valence-electron chi connectivity index (χ2n) is 2.92. The van der Waals surface area contributed by atoms with Crippen LogP contribution in [0.5, 0.6) is 11.5 Å². The van der Waals surface area contributed by atoms with E-state index in [9.17, 15) is 10.2 Å². The molecule has 0 aliphatic carbocycles. The number of rotatable bonds is 1. The molecule has 1 aromatic carbocycles. The molecule has 0 aliphatic heterocycles. The lowest BCUT2D eigenvalue weighted by Gasteiger charge is -2.05. The SMILES string of the molecule is CSc1cc2c[nH+]ccc2c(O)c1O. The molecular formula is C10H10NO2S+. The highest BCUT2D eigenvalue weighted by Gasteiger charge is 2.11. The predicted octanol–water partition coefficient (Wildman–Crippen LogP) is 1.79. The first-order valence-corrected chi connectivity index (χ1v) is 5.35. The molecule has 72 valence electrons. The average Bonchev–Trinajstić information content (AvgIpc) is 2.23. The molecule has 4 heteroatoms. The van der Waals surface area contributed by atoms with Gasteiger partial charge in [-0.05, 0) is 12.3 Å². The van der Waals surface area contributed by atoms with Gasteiger partial charge in [-0.2, -0.15) is 0 Å². The third kappa shape index (κ3) is 1.28. The van der Waals surface area contributed by atoms with Gasteiger partial charge in [0, 0.05) is 11.5 Å². The van der Waals surface area contributed by atoms with Crippen LogP contribution in [0.3, 0.4) is 0 Å². The number of phenolic OH excluding ortho intramolecular Hbond substituents is 2. The molecule has 1 heterocycles. The quantitative estimate of drug-likeness (QED) is 0.555. The zero-order valence-corrected chi connectivity index (χ0v) is 8.43. The van der Waals surface area contributed by atoms with Crippen molar-refractivity contribution in [2.24, 2.45) is 0 Å². The normalized spacial score (nSPS) is 10.6. The van der Waals surface area contributed by atoms with Crippen molar-refractivity contribution in [2.45, 2.75) is 4.90 Å². The van der Waals surface area contributed by atoms with Crippen molar-refractivity contribution in [3.05, 3.63) is 24.5 Å². The molecule has 0 amide bonds. The number of phenols is 2. The summed E-state index contributed by atoms with van der Waals surface area (Å²) in [6.45, 7) is 0. The van der Waals surface area contributed by atoms with Gasteiger partial charge in [0.15, 0.2) is 23.9 Å². The molecule has 0 spiro atoms. The number of pyridine rings is 1. The lowest BCUT2D eigenvalue weighted by atomic mass is 10.1. The van der Waals surface area contributed by atoms with Crippen LogP contribution in [0.25, 0.3) is 10.8 Å². The summed E-state index contributed by atoms with van der Waals surface area (Å²) in [5.74, 6) is -0.1000. The van der Waals surface area contributed by atoms with Crippen LogP contribution in [-0.2, 0) is 0 Å². The molecule has 1 aromatic heterocycles. The van der Waals surface area contributed by atoms with E-state index in [1.165, 1.54) is 11.8 Å². The molecule has 3 N–H and O–H groups in total. The van der Waals surface area contributed by atoms with E-state index in [1.807, 2.05) is 12.3 Å². The summed E-state index contributed by atoms with van der Waals surface area (Å²) in [5.41, 5.74) is 0. The molecule has 2 rings (SSSR count). The van der Waals surface area contributed by atoms with Gasteiger partial charge in [-0.15, -0.1) is 11.8 Å². The van der Waals surface area contributed by atoms with Gasteiger partial charge in [0.2, 0.25) is 0 Å². The van der Waals surface area contributed by atoms with Crippen LogP contribution in [0, 0.1) is 0 Å². The third-order valence-electron chi connectivity index (χ3n) is 2.12. The van der Waals surface area contributed by atoms with Crippen molar-refractivity contribution < 1.29 is 15.2 Å². The van der Waals surface area contributed by atoms with Gasteiger partial charge in [0.1, 0.15) is 0 Å². The molecule has 14 heavy (non-hydrogen) atoms. The second kappa shape index (κ2) is 3.38. The second-order valence-corrected chi connectivity index (χ2v) is 3.77. The van der Waals surface area contributed by atoms with Gasteiger partial charge in [0.25, 0.3) is 0 Å². The topological polar surface area (TPSA) is 54.6 Å². The van der Waals surface area contributed by atoms with Gasteiger partial charge in [-0.1, -0.05) is 0 Å². The average molecular weight is 208 g/mol. The highest BCUT2D eigenvalue weighted by molar-refractivity contribution is 7.98. The van der Waals surface area contributed by atoms with Crippen LogP contribution in [0.2, 0.25) is 0 Å². The predicted molar refractivity (Wildman–Crippen MR) is 55.6 cm³/mol. The molecule has 0 saturated carbocycles. The van der Waals surface area contributed by atoms with Gasteiger partial charge >= 0.3 is 0 Å². The van der Waals surface area contributed by atoms with E-state index < -0.39 is 0 Å². The zero-order valence-electron chi connectivity index (χ0n) is 7.61. The molecule has 0 bridgehead atoms. The summed E-state index contributed by atoms with van der Waals surface area (Å²) < 4.78 is 0. The first kappa shape index (κ1) is 9.15. The summed E-state index contributed by atoms with van der Waals surface area (Å²) in [6.07, 6.45) is 5.35. The minimum absolute atomic E-state index is 0.0452. The third-order valence-corrected chi connectivity index (χ3v) is 2.87. The minimum atomic E-state index is -0.0548. The van der Waals surface area contributed by atoms with Crippen molar-refractivity contribution in [1.82, 2.24) is 0 Å². The Morgan fingerprint density at radius 3 is 2.79 bits per heavy atom. The summed E-state index contributed by atoms with van der Waals surface area (Å²) in [6, 6.07) is 3.57. The molecule has 0 saturated heterocycles. The number of hydrogen-bond acceptors (Lipinski definition) is 3. The number of benzene rings is 1. The van der Waals surface area contributed by atoms with E-state index in [-0.39, 0.29) is 11.5 Å². The van der Waals surface area contributed by atoms with Gasteiger partial charge in [-0.3, -0.25) is 0 Å². The highest BCUT2D eigenvalue weighted by Crippen LogP contribution is 2.40. The smallest absolute Gasteiger partial charge is 0.175 e. The fourth-order valence-electron chi connectivity index (χ4n) is 1.39. The van der Waals surface area contributed by atoms with Crippen LogP contribution < -0.4 is 4.98 Å². The Labute approximate surface area is 85.4 Å². The molecule has 0 atom stereocenters. The summed E-state index contributed by atoms with van der Waals surface area (Å²) in [7, 11) is 0. The molecule has 0 fully saturated rings. The zero-order chi connectivity index (χ0) is 10.1. The van der Waals surface area contributed by atoms with Crippen LogP contribution >= 0.6 is 11.8 Å². The fourth-order valence-corrected chi connectivity index (χ4v) is 1.92.